The number of nitrogens with one attached hydrogen (secondary N) is 1. The Morgan fingerprint density at radius 1 is 0.941 bits per heavy atom. The first-order valence-electron chi connectivity index (χ1n) is 12.5. The van der Waals surface area contributed by atoms with E-state index in [0.29, 0.717) is 33.4 Å². The molecule has 1 N–H and O–H groups in total. The largest absolute Gasteiger partial charge is 0.343 e. The van der Waals surface area contributed by atoms with Gasteiger partial charge < -0.3 is 10.2 Å². The van der Waals surface area contributed by atoms with Gasteiger partial charge in [0.2, 0.25) is 5.91 Å². The number of halogens is 2. The number of hydrogen-bond donors (Lipinski definition) is 1. The lowest BCUT2D eigenvalue weighted by molar-refractivity contribution is -0.131. The second kappa shape index (κ2) is 11.6. The summed E-state index contributed by atoms with van der Waals surface area (Å²) < 4.78 is 0. The summed E-state index contributed by atoms with van der Waals surface area (Å²) in [5.74, 6) is 1.50. The van der Waals surface area contributed by atoms with Crippen LogP contribution in [0.5, 0.6) is 0 Å². The van der Waals surface area contributed by atoms with Crippen molar-refractivity contribution in [3.05, 3.63) is 69.7 Å². The zero-order valence-corrected chi connectivity index (χ0v) is 21.3. The van der Waals surface area contributed by atoms with E-state index < -0.39 is 0 Å². The highest BCUT2D eigenvalue weighted by atomic mass is 35.5. The minimum Gasteiger partial charge on any atom is -0.343 e. The van der Waals surface area contributed by atoms with Crippen LogP contribution in [0.3, 0.4) is 0 Å². The van der Waals surface area contributed by atoms with Gasteiger partial charge in [-0.3, -0.25) is 9.59 Å². The summed E-state index contributed by atoms with van der Waals surface area (Å²) in [4.78, 5) is 27.4. The van der Waals surface area contributed by atoms with E-state index in [-0.39, 0.29) is 24.4 Å². The van der Waals surface area contributed by atoms with Gasteiger partial charge in [-0.1, -0.05) is 72.8 Å². The molecule has 2 aromatic rings. The van der Waals surface area contributed by atoms with Crippen LogP contribution in [0.2, 0.25) is 10.0 Å². The molecule has 34 heavy (non-hydrogen) atoms. The number of amides is 2. The Bertz CT molecular complexity index is 997. The second-order valence-electron chi connectivity index (χ2n) is 9.82. The average Bonchev–Trinajstić information content (AvgIpc) is 3.21. The highest BCUT2D eigenvalue weighted by molar-refractivity contribution is 6.42. The molecule has 4 nitrogen and oxygen atoms in total. The third-order valence-electron chi connectivity index (χ3n) is 7.86. The molecular formula is C28H34Cl2N2O2. The van der Waals surface area contributed by atoms with Crippen molar-refractivity contribution in [2.75, 3.05) is 13.1 Å². The summed E-state index contributed by atoms with van der Waals surface area (Å²) in [6.07, 6.45) is 8.59. The maximum atomic E-state index is 13.0. The molecule has 0 radical (unpaired) electrons. The molecule has 4 rings (SSSR count). The van der Waals surface area contributed by atoms with E-state index in [4.69, 9.17) is 23.2 Å². The van der Waals surface area contributed by atoms with Crippen LogP contribution in [-0.4, -0.2) is 35.8 Å². The summed E-state index contributed by atoms with van der Waals surface area (Å²) in [7, 11) is 0. The van der Waals surface area contributed by atoms with E-state index in [1.165, 1.54) is 50.2 Å². The summed E-state index contributed by atoms with van der Waals surface area (Å²) >= 11 is 11.9. The van der Waals surface area contributed by atoms with Crippen LogP contribution in [0.4, 0.5) is 0 Å². The number of hydrogen-bond acceptors (Lipinski definition) is 2. The molecule has 2 aromatic carbocycles. The van der Waals surface area contributed by atoms with Gasteiger partial charge in [0.05, 0.1) is 16.6 Å². The lowest BCUT2D eigenvalue weighted by atomic mass is 9.75. The topological polar surface area (TPSA) is 49.4 Å². The molecule has 2 aliphatic rings. The Hall–Kier alpha value is -2.04. The van der Waals surface area contributed by atoms with Crippen LogP contribution in [0.25, 0.3) is 0 Å². The van der Waals surface area contributed by atoms with Crippen molar-refractivity contribution in [3.8, 4) is 0 Å². The second-order valence-corrected chi connectivity index (χ2v) is 10.6. The fraction of sp³-hybridized carbons (Fsp3) is 0.500. The summed E-state index contributed by atoms with van der Waals surface area (Å²) in [5, 5.41) is 3.47. The van der Waals surface area contributed by atoms with Gasteiger partial charge in [0, 0.05) is 18.2 Å². The summed E-state index contributed by atoms with van der Waals surface area (Å²) in [5.41, 5.74) is 1.87. The van der Waals surface area contributed by atoms with Gasteiger partial charge in [-0.2, -0.15) is 0 Å². The molecule has 0 bridgehead atoms. The van der Waals surface area contributed by atoms with Gasteiger partial charge in [-0.05, 0) is 74.1 Å². The molecule has 1 saturated heterocycles. The SMILES string of the molecule is C[C@H]1C([C@H]2CCCCC(c3ccccc3)CC2)CCN1C(=O)CNC(=O)c1ccc(Cl)c(Cl)c1. The van der Waals surface area contributed by atoms with Crippen molar-refractivity contribution < 1.29 is 9.59 Å². The van der Waals surface area contributed by atoms with Gasteiger partial charge in [0.1, 0.15) is 0 Å². The Balaban J connectivity index is 1.31. The van der Waals surface area contributed by atoms with Gasteiger partial charge in [-0.25, -0.2) is 0 Å². The molecule has 1 saturated carbocycles. The minimum absolute atomic E-state index is 0.00309. The Kier molecular flexibility index (Phi) is 8.55. The predicted molar refractivity (Wildman–Crippen MR) is 138 cm³/mol. The molecule has 1 aliphatic carbocycles. The van der Waals surface area contributed by atoms with E-state index in [1.807, 2.05) is 4.90 Å². The Morgan fingerprint density at radius 3 is 2.47 bits per heavy atom. The normalized spacial score (nSPS) is 25.4. The molecule has 2 fully saturated rings. The molecule has 1 heterocycles. The van der Waals surface area contributed by atoms with Crippen LogP contribution >= 0.6 is 23.2 Å². The Morgan fingerprint density at radius 2 is 1.71 bits per heavy atom. The smallest absolute Gasteiger partial charge is 0.251 e. The third-order valence-corrected chi connectivity index (χ3v) is 8.60. The first-order chi connectivity index (χ1) is 16.4. The monoisotopic (exact) mass is 500 g/mol. The molecule has 4 atom stereocenters. The first kappa shape index (κ1) is 25.1. The highest BCUT2D eigenvalue weighted by Gasteiger charge is 2.38. The lowest BCUT2D eigenvalue weighted by Crippen LogP contribution is -2.43. The van der Waals surface area contributed by atoms with Gasteiger partial charge >= 0.3 is 0 Å². The number of likely N-dealkylation sites (tertiary alicyclic amines) is 1. The molecule has 2 unspecified atom stereocenters. The number of rotatable bonds is 5. The summed E-state index contributed by atoms with van der Waals surface area (Å²) in [6.45, 7) is 2.95. The predicted octanol–water partition coefficient (Wildman–Crippen LogP) is 6.71. The van der Waals surface area contributed by atoms with Crippen molar-refractivity contribution in [1.29, 1.82) is 0 Å². The molecule has 6 heteroatoms. The number of carbonyl (C=O) groups is 2. The number of carbonyl (C=O) groups excluding carboxylic acids is 2. The van der Waals surface area contributed by atoms with Gasteiger partial charge in [-0.15, -0.1) is 0 Å². The number of benzene rings is 2. The molecule has 0 aromatic heterocycles. The highest BCUT2D eigenvalue weighted by Crippen LogP contribution is 2.40. The molecule has 2 amide bonds. The van der Waals surface area contributed by atoms with Crippen molar-refractivity contribution in [3.63, 3.8) is 0 Å². The zero-order valence-electron chi connectivity index (χ0n) is 19.8. The quantitative estimate of drug-likeness (QED) is 0.495. The molecular weight excluding hydrogens is 467 g/mol. The van der Waals surface area contributed by atoms with E-state index >= 15 is 0 Å². The van der Waals surface area contributed by atoms with Crippen LogP contribution in [-0.2, 0) is 4.79 Å². The molecule has 182 valence electrons. The van der Waals surface area contributed by atoms with Crippen molar-refractivity contribution in [2.24, 2.45) is 11.8 Å². The molecule has 0 spiro atoms. The van der Waals surface area contributed by atoms with Gasteiger partial charge in [0.15, 0.2) is 0 Å². The number of nitrogens with zero attached hydrogens (tertiary/aromatic N) is 1. The van der Waals surface area contributed by atoms with E-state index in [1.54, 1.807) is 12.1 Å². The van der Waals surface area contributed by atoms with Crippen LogP contribution in [0.15, 0.2) is 48.5 Å². The van der Waals surface area contributed by atoms with Crippen LogP contribution in [0.1, 0.15) is 73.7 Å². The summed E-state index contributed by atoms with van der Waals surface area (Å²) in [6, 6.07) is 15.9. The maximum Gasteiger partial charge on any atom is 0.251 e. The fourth-order valence-corrected chi connectivity index (χ4v) is 6.23. The average molecular weight is 501 g/mol. The third kappa shape index (κ3) is 5.95. The Labute approximate surface area is 213 Å². The van der Waals surface area contributed by atoms with Gasteiger partial charge in [0.25, 0.3) is 5.91 Å². The van der Waals surface area contributed by atoms with Crippen molar-refractivity contribution >= 4 is 35.0 Å². The van der Waals surface area contributed by atoms with Crippen LogP contribution in [0, 0.1) is 11.8 Å². The molecule has 1 aliphatic heterocycles. The van der Waals surface area contributed by atoms with Crippen molar-refractivity contribution in [1.82, 2.24) is 10.2 Å². The van der Waals surface area contributed by atoms with E-state index in [9.17, 15) is 9.59 Å². The fourth-order valence-electron chi connectivity index (χ4n) is 5.93. The zero-order chi connectivity index (χ0) is 24.1. The maximum absolute atomic E-state index is 13.0. The lowest BCUT2D eigenvalue weighted by Gasteiger charge is -2.33. The first-order valence-corrected chi connectivity index (χ1v) is 13.3. The van der Waals surface area contributed by atoms with E-state index in [0.717, 1.165) is 13.0 Å². The minimum atomic E-state index is -0.317. The van der Waals surface area contributed by atoms with Crippen LogP contribution < -0.4 is 5.32 Å². The van der Waals surface area contributed by atoms with E-state index in [2.05, 4.69) is 42.6 Å². The van der Waals surface area contributed by atoms with Crippen molar-refractivity contribution in [2.45, 2.75) is 63.8 Å². The standard InChI is InChI=1S/C28H34Cl2N2O2/c1-19-24(22-10-6-5-9-21(11-12-22)20-7-3-2-4-8-20)15-16-32(19)27(33)18-31-28(34)23-13-14-25(29)26(30)17-23/h2-4,7-8,13-14,17,19,21-22,24H,5-6,9-12,15-16,18H2,1H3,(H,31,34)/t19-,21?,22-,24?/m0/s1.